The molecule has 8 nitrogen and oxygen atoms in total. The SMILES string of the molecule is Cc1nc2sccc2c(=O)n1NC(=O)CCCc1nc(C(C)C)no1. The van der Waals surface area contributed by atoms with Gasteiger partial charge in [-0.15, -0.1) is 11.3 Å². The van der Waals surface area contributed by atoms with Gasteiger partial charge in [0.1, 0.15) is 10.7 Å². The highest BCUT2D eigenvalue weighted by molar-refractivity contribution is 7.16. The summed E-state index contributed by atoms with van der Waals surface area (Å²) in [5.74, 6) is 1.58. The van der Waals surface area contributed by atoms with E-state index in [0.717, 1.165) is 0 Å². The van der Waals surface area contributed by atoms with Crippen molar-refractivity contribution >= 4 is 27.5 Å². The third-order valence-electron chi connectivity index (χ3n) is 3.70. The maximum atomic E-state index is 12.4. The van der Waals surface area contributed by atoms with E-state index in [2.05, 4.69) is 20.6 Å². The standard InChI is InChI=1S/C16H19N5O3S/c1-9(2)14-18-13(24-20-14)6-4-5-12(22)19-21-10(3)17-15-11(16(21)23)7-8-25-15/h7-9H,4-6H2,1-3H3,(H,19,22). The van der Waals surface area contributed by atoms with Crippen molar-refractivity contribution in [2.75, 3.05) is 5.43 Å². The normalized spacial score (nSPS) is 11.4. The maximum absolute atomic E-state index is 12.4. The van der Waals surface area contributed by atoms with Gasteiger partial charge in [-0.2, -0.15) is 4.98 Å². The highest BCUT2D eigenvalue weighted by Crippen LogP contribution is 2.14. The molecule has 0 saturated heterocycles. The number of carbonyl (C=O) groups excluding carboxylic acids is 1. The van der Waals surface area contributed by atoms with Crippen LogP contribution < -0.4 is 11.0 Å². The number of nitrogens with zero attached hydrogens (tertiary/aromatic N) is 4. The second-order valence-electron chi connectivity index (χ2n) is 6.03. The Balaban J connectivity index is 1.60. The third-order valence-corrected chi connectivity index (χ3v) is 4.50. The first-order valence-corrected chi connectivity index (χ1v) is 8.93. The zero-order chi connectivity index (χ0) is 18.0. The van der Waals surface area contributed by atoms with Crippen LogP contribution in [0.5, 0.6) is 0 Å². The molecule has 3 heterocycles. The molecule has 9 heteroatoms. The van der Waals surface area contributed by atoms with Crippen molar-refractivity contribution in [1.82, 2.24) is 19.8 Å². The van der Waals surface area contributed by atoms with Crippen LogP contribution >= 0.6 is 11.3 Å². The number of hydrogen-bond donors (Lipinski definition) is 1. The van der Waals surface area contributed by atoms with E-state index in [-0.39, 0.29) is 23.8 Å². The van der Waals surface area contributed by atoms with Crippen LogP contribution in [0.25, 0.3) is 10.2 Å². The van der Waals surface area contributed by atoms with E-state index in [9.17, 15) is 9.59 Å². The highest BCUT2D eigenvalue weighted by Gasteiger charge is 2.13. The smallest absolute Gasteiger partial charge is 0.281 e. The first-order chi connectivity index (χ1) is 12.0. The fourth-order valence-corrected chi connectivity index (χ4v) is 3.13. The molecule has 1 N–H and O–H groups in total. The summed E-state index contributed by atoms with van der Waals surface area (Å²) in [5, 5.41) is 6.20. The Kier molecular flexibility index (Phi) is 4.93. The van der Waals surface area contributed by atoms with Crippen molar-refractivity contribution in [2.45, 2.75) is 46.0 Å². The van der Waals surface area contributed by atoms with Gasteiger partial charge >= 0.3 is 0 Å². The second kappa shape index (κ2) is 7.14. The lowest BCUT2D eigenvalue weighted by atomic mass is 10.2. The molecular formula is C16H19N5O3S. The van der Waals surface area contributed by atoms with Crippen LogP contribution in [0, 0.1) is 6.92 Å². The summed E-state index contributed by atoms with van der Waals surface area (Å²) in [7, 11) is 0. The molecule has 25 heavy (non-hydrogen) atoms. The summed E-state index contributed by atoms with van der Waals surface area (Å²) in [6.45, 7) is 5.66. The molecule has 132 valence electrons. The summed E-state index contributed by atoms with van der Waals surface area (Å²) >= 11 is 1.40. The molecule has 3 aromatic heterocycles. The molecule has 0 spiro atoms. The van der Waals surface area contributed by atoms with E-state index in [0.29, 0.717) is 40.6 Å². The first kappa shape index (κ1) is 17.3. The van der Waals surface area contributed by atoms with Crippen molar-refractivity contribution < 1.29 is 9.32 Å². The van der Waals surface area contributed by atoms with Crippen molar-refractivity contribution in [2.24, 2.45) is 0 Å². The number of aromatic nitrogens is 4. The molecule has 3 rings (SSSR count). The van der Waals surface area contributed by atoms with E-state index < -0.39 is 0 Å². The minimum absolute atomic E-state index is 0.204. The molecule has 0 radical (unpaired) electrons. The number of rotatable bonds is 6. The molecule has 0 aliphatic heterocycles. The van der Waals surface area contributed by atoms with Crippen LogP contribution in [0.2, 0.25) is 0 Å². The number of fused-ring (bicyclic) bond motifs is 1. The molecule has 1 amide bonds. The number of hydrogen-bond acceptors (Lipinski definition) is 7. The van der Waals surface area contributed by atoms with Gasteiger partial charge in [0.15, 0.2) is 5.82 Å². The molecule has 0 saturated carbocycles. The summed E-state index contributed by atoms with van der Waals surface area (Å²) in [6.07, 6.45) is 1.31. The van der Waals surface area contributed by atoms with Crippen molar-refractivity contribution in [3.05, 3.63) is 39.3 Å². The number of carbonyl (C=O) groups is 1. The average molecular weight is 361 g/mol. The molecule has 0 unspecified atom stereocenters. The number of nitrogens with one attached hydrogen (secondary N) is 1. The highest BCUT2D eigenvalue weighted by atomic mass is 32.1. The van der Waals surface area contributed by atoms with E-state index in [1.165, 1.54) is 16.0 Å². The second-order valence-corrected chi connectivity index (χ2v) is 6.92. The fourth-order valence-electron chi connectivity index (χ4n) is 2.33. The van der Waals surface area contributed by atoms with Gasteiger partial charge in [-0.25, -0.2) is 9.66 Å². The summed E-state index contributed by atoms with van der Waals surface area (Å²) < 4.78 is 6.34. The first-order valence-electron chi connectivity index (χ1n) is 8.05. The lowest BCUT2D eigenvalue weighted by molar-refractivity contribution is -0.117. The van der Waals surface area contributed by atoms with Crippen molar-refractivity contribution in [3.8, 4) is 0 Å². The maximum Gasteiger partial charge on any atom is 0.281 e. The molecular weight excluding hydrogens is 342 g/mol. The Morgan fingerprint density at radius 2 is 2.20 bits per heavy atom. The molecule has 0 aliphatic rings. The predicted molar refractivity (Wildman–Crippen MR) is 94.3 cm³/mol. The van der Waals surface area contributed by atoms with Gasteiger partial charge in [-0.1, -0.05) is 19.0 Å². The Bertz CT molecular complexity index is 956. The molecule has 0 fully saturated rings. The Morgan fingerprint density at radius 3 is 2.92 bits per heavy atom. The molecule has 0 aliphatic carbocycles. The Hall–Kier alpha value is -2.55. The van der Waals surface area contributed by atoms with E-state index in [4.69, 9.17) is 4.52 Å². The van der Waals surface area contributed by atoms with Crippen LogP contribution in [0.15, 0.2) is 20.8 Å². The summed E-state index contributed by atoms with van der Waals surface area (Å²) in [6, 6.07) is 1.71. The van der Waals surface area contributed by atoms with Gasteiger partial charge < -0.3 is 4.52 Å². The van der Waals surface area contributed by atoms with Crippen LogP contribution in [0.4, 0.5) is 0 Å². The van der Waals surface area contributed by atoms with E-state index >= 15 is 0 Å². The fraction of sp³-hybridized carbons (Fsp3) is 0.438. The Labute approximate surface area is 147 Å². The van der Waals surface area contributed by atoms with Crippen molar-refractivity contribution in [1.29, 1.82) is 0 Å². The van der Waals surface area contributed by atoms with Gasteiger partial charge in [0.25, 0.3) is 5.56 Å². The summed E-state index contributed by atoms with van der Waals surface area (Å²) in [5.41, 5.74) is 2.34. The minimum atomic E-state index is -0.268. The zero-order valence-electron chi connectivity index (χ0n) is 14.3. The van der Waals surface area contributed by atoms with Gasteiger partial charge in [0.05, 0.1) is 5.39 Å². The van der Waals surface area contributed by atoms with Crippen LogP contribution in [0.3, 0.4) is 0 Å². The van der Waals surface area contributed by atoms with Gasteiger partial charge in [-0.05, 0) is 24.8 Å². The van der Waals surface area contributed by atoms with E-state index in [1.54, 1.807) is 18.4 Å². The predicted octanol–water partition coefficient (Wildman–Crippen LogP) is 2.37. The number of thiophene rings is 1. The monoisotopic (exact) mass is 361 g/mol. The molecule has 0 bridgehead atoms. The average Bonchev–Trinajstić information content (AvgIpc) is 3.20. The molecule has 0 atom stereocenters. The molecule has 0 aromatic carbocycles. The Morgan fingerprint density at radius 1 is 1.40 bits per heavy atom. The topological polar surface area (TPSA) is 103 Å². The largest absolute Gasteiger partial charge is 0.339 e. The summed E-state index contributed by atoms with van der Waals surface area (Å²) in [4.78, 5) is 33.8. The number of amides is 1. The van der Waals surface area contributed by atoms with Crippen molar-refractivity contribution in [3.63, 3.8) is 0 Å². The lowest BCUT2D eigenvalue weighted by Crippen LogP contribution is -2.35. The third kappa shape index (κ3) is 3.76. The quantitative estimate of drug-likeness (QED) is 0.723. The lowest BCUT2D eigenvalue weighted by Gasteiger charge is -2.10. The van der Waals surface area contributed by atoms with Crippen LogP contribution in [-0.4, -0.2) is 25.7 Å². The van der Waals surface area contributed by atoms with Crippen LogP contribution in [-0.2, 0) is 11.2 Å². The van der Waals surface area contributed by atoms with Gasteiger partial charge in [-0.3, -0.25) is 15.0 Å². The number of aryl methyl sites for hydroxylation is 2. The van der Waals surface area contributed by atoms with Crippen LogP contribution in [0.1, 0.15) is 50.1 Å². The minimum Gasteiger partial charge on any atom is -0.339 e. The molecule has 3 aromatic rings. The van der Waals surface area contributed by atoms with E-state index in [1.807, 2.05) is 13.8 Å². The van der Waals surface area contributed by atoms with Gasteiger partial charge in [0, 0.05) is 18.8 Å². The van der Waals surface area contributed by atoms with Gasteiger partial charge in [0.2, 0.25) is 11.8 Å². The zero-order valence-corrected chi connectivity index (χ0v) is 15.1.